The fraction of sp³-hybridized carbons (Fsp3) is 0.350. The Morgan fingerprint density at radius 2 is 1.75 bits per heavy atom. The second kappa shape index (κ2) is 6.65. The van der Waals surface area contributed by atoms with Crippen molar-refractivity contribution in [3.63, 3.8) is 0 Å². The molecule has 1 fully saturated rings. The van der Waals surface area contributed by atoms with Gasteiger partial charge >= 0.3 is 0 Å². The minimum atomic E-state index is 0.142. The number of carbonyl (C=O) groups is 1. The molecule has 0 radical (unpaired) electrons. The van der Waals surface area contributed by atoms with Crippen LogP contribution in [-0.4, -0.2) is 29.9 Å². The van der Waals surface area contributed by atoms with E-state index in [1.165, 1.54) is 5.56 Å². The predicted molar refractivity (Wildman–Crippen MR) is 93.9 cm³/mol. The summed E-state index contributed by atoms with van der Waals surface area (Å²) in [6.45, 7) is 2.90. The van der Waals surface area contributed by atoms with Gasteiger partial charge in [0.2, 0.25) is 0 Å². The third kappa shape index (κ3) is 3.15. The number of ether oxygens (including phenoxy) is 1. The summed E-state index contributed by atoms with van der Waals surface area (Å²) < 4.78 is 5.43. The number of carbonyl (C=O) groups excluding carboxylic acids is 1. The average Bonchev–Trinajstić information content (AvgIpc) is 3.10. The zero-order chi connectivity index (χ0) is 16.4. The van der Waals surface area contributed by atoms with Gasteiger partial charge in [0.05, 0.1) is 13.2 Å². The summed E-state index contributed by atoms with van der Waals surface area (Å²) in [5, 5.41) is 3.56. The fourth-order valence-electron chi connectivity index (χ4n) is 3.48. The second-order valence-electron chi connectivity index (χ2n) is 6.55. The lowest BCUT2D eigenvalue weighted by Crippen LogP contribution is -2.42. The highest BCUT2D eigenvalue weighted by atomic mass is 16.5. The number of nitrogens with zero attached hydrogens (tertiary/aromatic N) is 1. The molecule has 0 spiro atoms. The van der Waals surface area contributed by atoms with E-state index in [-0.39, 0.29) is 5.91 Å². The quantitative estimate of drug-likeness (QED) is 0.941. The average molecular weight is 322 g/mol. The van der Waals surface area contributed by atoms with Crippen LogP contribution in [0.1, 0.15) is 34.3 Å². The minimum absolute atomic E-state index is 0.142. The standard InChI is InChI=1S/C20H22N2O2/c23-20(15-6-7-16-13-24-14-17(16)12-15)22-10-8-19(9-11-22)21-18-4-2-1-3-5-18/h1-7,12,19,21H,8-11,13-14H2. The summed E-state index contributed by atoms with van der Waals surface area (Å²) in [4.78, 5) is 14.7. The minimum Gasteiger partial charge on any atom is -0.382 e. The molecule has 4 heteroatoms. The molecule has 1 N–H and O–H groups in total. The topological polar surface area (TPSA) is 41.6 Å². The zero-order valence-corrected chi connectivity index (χ0v) is 13.7. The smallest absolute Gasteiger partial charge is 0.253 e. The number of hydrogen-bond acceptors (Lipinski definition) is 3. The SMILES string of the molecule is O=C(c1ccc2c(c1)COC2)N1CCC(Nc2ccccc2)CC1. The van der Waals surface area contributed by atoms with Crippen LogP contribution in [0.5, 0.6) is 0 Å². The third-order valence-electron chi connectivity index (χ3n) is 4.90. The van der Waals surface area contributed by atoms with Crippen molar-refractivity contribution in [2.45, 2.75) is 32.1 Å². The molecule has 4 rings (SSSR count). The first-order valence-electron chi connectivity index (χ1n) is 8.60. The van der Waals surface area contributed by atoms with Crippen LogP contribution in [0.3, 0.4) is 0 Å². The number of para-hydroxylation sites is 1. The molecule has 0 aromatic heterocycles. The molecule has 0 unspecified atom stereocenters. The van der Waals surface area contributed by atoms with Crippen LogP contribution in [0, 0.1) is 0 Å². The molecule has 4 nitrogen and oxygen atoms in total. The number of benzene rings is 2. The van der Waals surface area contributed by atoms with Crippen molar-refractivity contribution in [1.82, 2.24) is 4.90 Å². The molecule has 2 aromatic carbocycles. The summed E-state index contributed by atoms with van der Waals surface area (Å²) in [6.07, 6.45) is 1.96. The molecule has 24 heavy (non-hydrogen) atoms. The van der Waals surface area contributed by atoms with E-state index in [9.17, 15) is 4.79 Å². The van der Waals surface area contributed by atoms with E-state index in [0.29, 0.717) is 19.3 Å². The van der Waals surface area contributed by atoms with Gasteiger partial charge in [-0.3, -0.25) is 4.79 Å². The van der Waals surface area contributed by atoms with Crippen LogP contribution >= 0.6 is 0 Å². The predicted octanol–water partition coefficient (Wildman–Crippen LogP) is 3.43. The molecule has 0 saturated carbocycles. The van der Waals surface area contributed by atoms with Gasteiger partial charge in [-0.2, -0.15) is 0 Å². The summed E-state index contributed by atoms with van der Waals surface area (Å²) in [5.41, 5.74) is 4.30. The first-order chi connectivity index (χ1) is 11.8. The third-order valence-corrected chi connectivity index (χ3v) is 4.90. The number of amides is 1. The largest absolute Gasteiger partial charge is 0.382 e. The van der Waals surface area contributed by atoms with E-state index in [4.69, 9.17) is 4.74 Å². The first kappa shape index (κ1) is 15.2. The Kier molecular flexibility index (Phi) is 4.22. The van der Waals surface area contributed by atoms with Crippen molar-refractivity contribution in [3.8, 4) is 0 Å². The molecule has 0 aliphatic carbocycles. The number of nitrogens with one attached hydrogen (secondary N) is 1. The maximum Gasteiger partial charge on any atom is 0.253 e. The second-order valence-corrected chi connectivity index (χ2v) is 6.55. The fourth-order valence-corrected chi connectivity index (χ4v) is 3.48. The molecule has 124 valence electrons. The molecular weight excluding hydrogens is 300 g/mol. The van der Waals surface area contributed by atoms with Crippen molar-refractivity contribution >= 4 is 11.6 Å². The highest BCUT2D eigenvalue weighted by Crippen LogP contribution is 2.23. The van der Waals surface area contributed by atoms with Crippen LogP contribution < -0.4 is 5.32 Å². The first-order valence-corrected chi connectivity index (χ1v) is 8.60. The molecule has 2 aliphatic rings. The van der Waals surface area contributed by atoms with Crippen LogP contribution in [0.2, 0.25) is 0 Å². The highest BCUT2D eigenvalue weighted by molar-refractivity contribution is 5.94. The Hall–Kier alpha value is -2.33. The van der Waals surface area contributed by atoms with Crippen molar-refractivity contribution in [1.29, 1.82) is 0 Å². The van der Waals surface area contributed by atoms with Gasteiger partial charge in [0.25, 0.3) is 5.91 Å². The molecule has 0 atom stereocenters. The lowest BCUT2D eigenvalue weighted by atomic mass is 10.0. The summed E-state index contributed by atoms with van der Waals surface area (Å²) in [6, 6.07) is 16.7. The summed E-state index contributed by atoms with van der Waals surface area (Å²) >= 11 is 0. The van der Waals surface area contributed by atoms with Gasteiger partial charge in [0.15, 0.2) is 0 Å². The van der Waals surface area contributed by atoms with Crippen molar-refractivity contribution in [2.24, 2.45) is 0 Å². The number of rotatable bonds is 3. The molecule has 2 aliphatic heterocycles. The van der Waals surface area contributed by atoms with Crippen molar-refractivity contribution < 1.29 is 9.53 Å². The number of likely N-dealkylation sites (tertiary alicyclic amines) is 1. The molecule has 2 heterocycles. The van der Waals surface area contributed by atoms with E-state index in [1.54, 1.807) is 0 Å². The summed E-state index contributed by atoms with van der Waals surface area (Å²) in [7, 11) is 0. The van der Waals surface area contributed by atoms with Crippen LogP contribution in [0.15, 0.2) is 48.5 Å². The maximum absolute atomic E-state index is 12.7. The van der Waals surface area contributed by atoms with Gasteiger partial charge in [-0.1, -0.05) is 24.3 Å². The Balaban J connectivity index is 1.36. The monoisotopic (exact) mass is 322 g/mol. The Morgan fingerprint density at radius 1 is 1.00 bits per heavy atom. The molecule has 1 saturated heterocycles. The normalized spacial score (nSPS) is 17.6. The van der Waals surface area contributed by atoms with E-state index >= 15 is 0 Å². The van der Waals surface area contributed by atoms with E-state index in [2.05, 4.69) is 17.4 Å². The summed E-state index contributed by atoms with van der Waals surface area (Å²) in [5.74, 6) is 0.142. The van der Waals surface area contributed by atoms with E-state index in [0.717, 1.165) is 42.7 Å². The number of anilines is 1. The van der Waals surface area contributed by atoms with Gasteiger partial charge in [-0.25, -0.2) is 0 Å². The lowest BCUT2D eigenvalue weighted by molar-refractivity contribution is 0.0718. The van der Waals surface area contributed by atoms with E-state index < -0.39 is 0 Å². The molecule has 1 amide bonds. The highest BCUT2D eigenvalue weighted by Gasteiger charge is 2.24. The number of piperidine rings is 1. The van der Waals surface area contributed by atoms with Crippen molar-refractivity contribution in [3.05, 3.63) is 65.2 Å². The van der Waals surface area contributed by atoms with Crippen LogP contribution in [0.4, 0.5) is 5.69 Å². The van der Waals surface area contributed by atoms with Crippen LogP contribution in [-0.2, 0) is 18.0 Å². The molecular formula is C20H22N2O2. The maximum atomic E-state index is 12.7. The van der Waals surface area contributed by atoms with Crippen LogP contribution in [0.25, 0.3) is 0 Å². The number of fused-ring (bicyclic) bond motifs is 1. The van der Waals surface area contributed by atoms with Gasteiger partial charge in [0, 0.05) is 30.4 Å². The zero-order valence-electron chi connectivity index (χ0n) is 13.7. The van der Waals surface area contributed by atoms with Gasteiger partial charge in [-0.05, 0) is 48.2 Å². The number of hydrogen-bond donors (Lipinski definition) is 1. The van der Waals surface area contributed by atoms with E-state index in [1.807, 2.05) is 41.3 Å². The van der Waals surface area contributed by atoms with Gasteiger partial charge in [-0.15, -0.1) is 0 Å². The van der Waals surface area contributed by atoms with Gasteiger partial charge < -0.3 is 15.0 Å². The lowest BCUT2D eigenvalue weighted by Gasteiger charge is -2.33. The Labute approximate surface area is 142 Å². The molecule has 0 bridgehead atoms. The Bertz CT molecular complexity index is 722. The Morgan fingerprint density at radius 3 is 2.54 bits per heavy atom. The van der Waals surface area contributed by atoms with Crippen molar-refractivity contribution in [2.75, 3.05) is 18.4 Å². The van der Waals surface area contributed by atoms with Gasteiger partial charge in [0.1, 0.15) is 0 Å². The molecule has 2 aromatic rings.